The van der Waals surface area contributed by atoms with Crippen LogP contribution in [-0.2, 0) is 21.9 Å². The smallest absolute Gasteiger partial charge is 0.408 e. The van der Waals surface area contributed by atoms with Crippen LogP contribution in [0.3, 0.4) is 0 Å². The van der Waals surface area contributed by atoms with Crippen LogP contribution in [0.5, 0.6) is 0 Å². The number of fused-ring (bicyclic) bond motifs is 1. The van der Waals surface area contributed by atoms with Crippen molar-refractivity contribution in [2.24, 2.45) is 13.0 Å². The van der Waals surface area contributed by atoms with Gasteiger partial charge in [-0.3, -0.25) is 14.2 Å². The van der Waals surface area contributed by atoms with E-state index < -0.39 is 27.7 Å². The summed E-state index contributed by atoms with van der Waals surface area (Å²) >= 11 is 0. The SMILES string of the molecule is CC(=O)c1ccc(NC(=O)[C@@H](CC(C)C)NS(=O)(=O)c2ccc3c(c2)oc(=O)n3C)cc1. The van der Waals surface area contributed by atoms with Gasteiger partial charge in [0.05, 0.1) is 10.4 Å². The number of amides is 1. The first-order chi connectivity index (χ1) is 15.0. The maximum Gasteiger partial charge on any atom is 0.419 e. The van der Waals surface area contributed by atoms with Crippen LogP contribution in [0, 0.1) is 5.92 Å². The van der Waals surface area contributed by atoms with Gasteiger partial charge in [-0.15, -0.1) is 0 Å². The number of hydrogen-bond donors (Lipinski definition) is 2. The Morgan fingerprint density at radius 2 is 1.75 bits per heavy atom. The van der Waals surface area contributed by atoms with Crippen LogP contribution in [0.4, 0.5) is 5.69 Å². The minimum absolute atomic E-state index is 0.0307. The molecule has 0 bridgehead atoms. The Morgan fingerprint density at radius 3 is 2.34 bits per heavy atom. The fourth-order valence-corrected chi connectivity index (χ4v) is 4.46. The molecule has 0 fully saturated rings. The molecule has 2 aromatic carbocycles. The zero-order valence-corrected chi connectivity index (χ0v) is 19.0. The van der Waals surface area contributed by atoms with Gasteiger partial charge in [-0.25, -0.2) is 13.2 Å². The van der Waals surface area contributed by atoms with Crippen LogP contribution in [0.15, 0.2) is 56.6 Å². The second-order valence-electron chi connectivity index (χ2n) is 7.98. The van der Waals surface area contributed by atoms with Crippen molar-refractivity contribution in [3.05, 3.63) is 58.6 Å². The van der Waals surface area contributed by atoms with Crippen LogP contribution in [0.2, 0.25) is 0 Å². The molecule has 1 aromatic heterocycles. The molecule has 0 saturated carbocycles. The maximum absolute atomic E-state index is 13.0. The zero-order chi connectivity index (χ0) is 23.6. The number of oxazole rings is 1. The Kier molecular flexibility index (Phi) is 6.65. The molecule has 0 radical (unpaired) electrons. The monoisotopic (exact) mass is 459 g/mol. The van der Waals surface area contributed by atoms with Crippen LogP contribution in [0.1, 0.15) is 37.6 Å². The molecule has 0 aliphatic carbocycles. The third kappa shape index (κ3) is 5.14. The molecular weight excluding hydrogens is 434 g/mol. The molecule has 2 N–H and O–H groups in total. The van der Waals surface area contributed by atoms with Gasteiger partial charge in [0.1, 0.15) is 6.04 Å². The van der Waals surface area contributed by atoms with Gasteiger partial charge in [0.25, 0.3) is 0 Å². The molecule has 0 spiro atoms. The number of anilines is 1. The summed E-state index contributed by atoms with van der Waals surface area (Å²) in [4.78, 5) is 35.8. The average Bonchev–Trinajstić information content (AvgIpc) is 3.00. The fraction of sp³-hybridized carbons (Fsp3) is 0.318. The highest BCUT2D eigenvalue weighted by Gasteiger charge is 2.27. The van der Waals surface area contributed by atoms with E-state index in [1.54, 1.807) is 24.3 Å². The first-order valence-corrected chi connectivity index (χ1v) is 11.5. The molecule has 0 unspecified atom stereocenters. The minimum atomic E-state index is -4.08. The second-order valence-corrected chi connectivity index (χ2v) is 9.70. The number of rotatable bonds is 8. The van der Waals surface area contributed by atoms with Gasteiger partial charge < -0.3 is 9.73 Å². The Hall–Kier alpha value is -3.24. The number of nitrogens with zero attached hydrogens (tertiary/aromatic N) is 1. The predicted octanol–water partition coefficient (Wildman–Crippen LogP) is 2.67. The molecule has 1 heterocycles. The largest absolute Gasteiger partial charge is 0.419 e. The molecule has 9 nitrogen and oxygen atoms in total. The van der Waals surface area contributed by atoms with Crippen molar-refractivity contribution in [3.8, 4) is 0 Å². The first kappa shape index (κ1) is 23.4. The highest BCUT2D eigenvalue weighted by Crippen LogP contribution is 2.20. The van der Waals surface area contributed by atoms with Gasteiger partial charge >= 0.3 is 5.76 Å². The van der Waals surface area contributed by atoms with Crippen molar-refractivity contribution in [1.29, 1.82) is 0 Å². The molecule has 0 saturated heterocycles. The van der Waals surface area contributed by atoms with E-state index in [9.17, 15) is 22.8 Å². The summed E-state index contributed by atoms with van der Waals surface area (Å²) in [5.74, 6) is -1.19. The molecule has 1 atom stereocenters. The summed E-state index contributed by atoms with van der Waals surface area (Å²) < 4.78 is 34.8. The second kappa shape index (κ2) is 9.09. The quantitative estimate of drug-likeness (QED) is 0.499. The molecule has 32 heavy (non-hydrogen) atoms. The van der Waals surface area contributed by atoms with E-state index in [1.165, 1.54) is 36.7 Å². The van der Waals surface area contributed by atoms with Gasteiger partial charge in [-0.05, 0) is 55.7 Å². The lowest BCUT2D eigenvalue weighted by molar-refractivity contribution is -0.118. The maximum atomic E-state index is 13.0. The number of nitrogens with one attached hydrogen (secondary N) is 2. The highest BCUT2D eigenvalue weighted by atomic mass is 32.2. The number of aromatic nitrogens is 1. The third-order valence-electron chi connectivity index (χ3n) is 4.95. The predicted molar refractivity (Wildman–Crippen MR) is 120 cm³/mol. The fourth-order valence-electron chi connectivity index (χ4n) is 3.23. The van der Waals surface area contributed by atoms with Crippen molar-refractivity contribution < 1.29 is 22.4 Å². The number of aryl methyl sites for hydroxylation is 1. The number of benzene rings is 2. The van der Waals surface area contributed by atoms with E-state index in [0.29, 0.717) is 16.8 Å². The molecule has 0 aliphatic rings. The summed E-state index contributed by atoms with van der Waals surface area (Å²) in [6.07, 6.45) is 0.263. The van der Waals surface area contributed by atoms with Gasteiger partial charge in [0.2, 0.25) is 15.9 Å². The standard InChI is InChI=1S/C22H25N3O6S/c1-13(2)11-18(21(27)23-16-7-5-15(6-8-16)14(3)26)24-32(29,30)17-9-10-19-20(12-17)31-22(28)25(19)4/h5-10,12-13,18,24H,11H2,1-4H3,(H,23,27)/t18-/m1/s1. The van der Waals surface area contributed by atoms with E-state index in [-0.39, 0.29) is 28.6 Å². The molecule has 170 valence electrons. The molecule has 3 aromatic rings. The van der Waals surface area contributed by atoms with Crippen LogP contribution in [0.25, 0.3) is 11.1 Å². The highest BCUT2D eigenvalue weighted by molar-refractivity contribution is 7.89. The summed E-state index contributed by atoms with van der Waals surface area (Å²) in [7, 11) is -2.56. The van der Waals surface area contributed by atoms with Crippen LogP contribution >= 0.6 is 0 Å². The van der Waals surface area contributed by atoms with Gasteiger partial charge in [-0.1, -0.05) is 13.8 Å². The Balaban J connectivity index is 1.84. The Labute approximate surface area is 185 Å². The number of hydrogen-bond acceptors (Lipinski definition) is 6. The van der Waals surface area contributed by atoms with Gasteiger partial charge in [0.15, 0.2) is 11.4 Å². The normalized spacial score (nSPS) is 12.8. The van der Waals surface area contributed by atoms with E-state index in [2.05, 4.69) is 10.0 Å². The van der Waals surface area contributed by atoms with Gasteiger partial charge in [-0.2, -0.15) is 4.72 Å². The van der Waals surface area contributed by atoms with Crippen molar-refractivity contribution in [2.75, 3.05) is 5.32 Å². The number of sulfonamides is 1. The Bertz CT molecular complexity index is 1320. The number of ketones is 1. The minimum Gasteiger partial charge on any atom is -0.408 e. The van der Waals surface area contributed by atoms with Crippen molar-refractivity contribution in [3.63, 3.8) is 0 Å². The zero-order valence-electron chi connectivity index (χ0n) is 18.2. The summed E-state index contributed by atoms with van der Waals surface area (Å²) in [5, 5.41) is 2.69. The number of carbonyl (C=O) groups is 2. The summed E-state index contributed by atoms with van der Waals surface area (Å²) in [6, 6.07) is 9.38. The number of carbonyl (C=O) groups excluding carboxylic acids is 2. The van der Waals surface area contributed by atoms with Gasteiger partial charge in [0, 0.05) is 24.4 Å². The Morgan fingerprint density at radius 1 is 1.09 bits per heavy atom. The van der Waals surface area contributed by atoms with Crippen LogP contribution < -0.4 is 15.8 Å². The van der Waals surface area contributed by atoms with E-state index in [1.807, 2.05) is 13.8 Å². The molecule has 0 aliphatic heterocycles. The first-order valence-electron chi connectivity index (χ1n) is 10.0. The number of Topliss-reactive ketones (excluding diaryl/α,β-unsaturated/α-hetero) is 1. The summed E-state index contributed by atoms with van der Waals surface area (Å²) in [6.45, 7) is 5.20. The van der Waals surface area contributed by atoms with Crippen LogP contribution in [-0.4, -0.2) is 30.7 Å². The average molecular weight is 460 g/mol. The molecular formula is C22H25N3O6S. The van der Waals surface area contributed by atoms with E-state index in [4.69, 9.17) is 4.42 Å². The van der Waals surface area contributed by atoms with E-state index >= 15 is 0 Å². The lowest BCUT2D eigenvalue weighted by Gasteiger charge is -2.20. The molecule has 1 amide bonds. The van der Waals surface area contributed by atoms with Crippen molar-refractivity contribution >= 4 is 38.5 Å². The summed E-state index contributed by atoms with van der Waals surface area (Å²) in [5.41, 5.74) is 1.54. The topological polar surface area (TPSA) is 127 Å². The lowest BCUT2D eigenvalue weighted by Crippen LogP contribution is -2.44. The lowest BCUT2D eigenvalue weighted by atomic mass is 10.0. The van der Waals surface area contributed by atoms with E-state index in [0.717, 1.165) is 0 Å². The third-order valence-corrected chi connectivity index (χ3v) is 6.42. The molecule has 10 heteroatoms. The van der Waals surface area contributed by atoms with Crippen molar-refractivity contribution in [2.45, 2.75) is 38.1 Å². The molecule has 3 rings (SSSR count). The van der Waals surface area contributed by atoms with Crippen molar-refractivity contribution in [1.82, 2.24) is 9.29 Å².